The fourth-order valence-corrected chi connectivity index (χ4v) is 3.16. The number of aryl methyl sites for hydroxylation is 1. The molecule has 20 heavy (non-hydrogen) atoms. The van der Waals surface area contributed by atoms with Gasteiger partial charge in [0.1, 0.15) is 0 Å². The second-order valence-electron chi connectivity index (χ2n) is 5.99. The SMILES string of the molecule is CN(Cc1nc(C2CC2)no1)C1CCc2ccccc21. The monoisotopic (exact) mass is 269 g/mol. The zero-order chi connectivity index (χ0) is 13.5. The molecule has 0 N–H and O–H groups in total. The molecule has 1 aromatic heterocycles. The molecule has 2 aliphatic carbocycles. The van der Waals surface area contributed by atoms with Crippen LogP contribution in [0, 0.1) is 0 Å². The predicted octanol–water partition coefficient (Wildman–Crippen LogP) is 3.07. The first-order valence-electron chi connectivity index (χ1n) is 7.42. The maximum Gasteiger partial charge on any atom is 0.240 e. The van der Waals surface area contributed by atoms with E-state index in [1.54, 1.807) is 0 Å². The molecule has 0 bridgehead atoms. The molecule has 2 aliphatic rings. The average molecular weight is 269 g/mol. The molecule has 2 aromatic rings. The number of nitrogens with zero attached hydrogens (tertiary/aromatic N) is 3. The summed E-state index contributed by atoms with van der Waals surface area (Å²) in [5, 5.41) is 4.09. The smallest absolute Gasteiger partial charge is 0.240 e. The van der Waals surface area contributed by atoms with Crippen LogP contribution in [-0.2, 0) is 13.0 Å². The van der Waals surface area contributed by atoms with Gasteiger partial charge in [0.15, 0.2) is 5.82 Å². The van der Waals surface area contributed by atoms with Crippen LogP contribution in [0.5, 0.6) is 0 Å². The Balaban J connectivity index is 1.48. The topological polar surface area (TPSA) is 42.2 Å². The van der Waals surface area contributed by atoms with Crippen molar-refractivity contribution < 1.29 is 4.52 Å². The van der Waals surface area contributed by atoms with Crippen molar-refractivity contribution in [3.05, 3.63) is 47.1 Å². The Labute approximate surface area is 118 Å². The van der Waals surface area contributed by atoms with Crippen molar-refractivity contribution in [3.8, 4) is 0 Å². The molecule has 1 unspecified atom stereocenters. The van der Waals surface area contributed by atoms with Crippen LogP contribution >= 0.6 is 0 Å². The number of rotatable bonds is 4. The van der Waals surface area contributed by atoms with E-state index in [0.29, 0.717) is 12.0 Å². The minimum Gasteiger partial charge on any atom is -0.338 e. The molecule has 104 valence electrons. The Morgan fingerprint density at radius 3 is 2.95 bits per heavy atom. The van der Waals surface area contributed by atoms with Crippen LogP contribution < -0.4 is 0 Å². The zero-order valence-corrected chi connectivity index (χ0v) is 11.7. The highest BCUT2D eigenvalue weighted by atomic mass is 16.5. The summed E-state index contributed by atoms with van der Waals surface area (Å²) in [6, 6.07) is 9.21. The molecule has 0 saturated heterocycles. The Kier molecular flexibility index (Phi) is 2.84. The van der Waals surface area contributed by atoms with E-state index in [9.17, 15) is 0 Å². The summed E-state index contributed by atoms with van der Waals surface area (Å²) >= 11 is 0. The number of benzene rings is 1. The number of fused-ring (bicyclic) bond motifs is 1. The van der Waals surface area contributed by atoms with Gasteiger partial charge in [-0.1, -0.05) is 29.4 Å². The van der Waals surface area contributed by atoms with Gasteiger partial charge >= 0.3 is 0 Å². The Morgan fingerprint density at radius 2 is 2.10 bits per heavy atom. The molecule has 1 aromatic carbocycles. The van der Waals surface area contributed by atoms with Gasteiger partial charge in [0.25, 0.3) is 0 Å². The van der Waals surface area contributed by atoms with E-state index in [1.807, 2.05) is 0 Å². The lowest BCUT2D eigenvalue weighted by molar-refractivity contribution is 0.204. The minimum atomic E-state index is 0.475. The summed E-state index contributed by atoms with van der Waals surface area (Å²) in [4.78, 5) is 6.85. The number of aromatic nitrogens is 2. The third kappa shape index (κ3) is 2.14. The first-order chi connectivity index (χ1) is 9.81. The lowest BCUT2D eigenvalue weighted by Gasteiger charge is -2.23. The molecule has 1 atom stereocenters. The van der Waals surface area contributed by atoms with Crippen molar-refractivity contribution in [2.75, 3.05) is 7.05 Å². The van der Waals surface area contributed by atoms with Gasteiger partial charge < -0.3 is 4.52 Å². The van der Waals surface area contributed by atoms with Crippen LogP contribution in [-0.4, -0.2) is 22.1 Å². The third-order valence-electron chi connectivity index (χ3n) is 4.44. The van der Waals surface area contributed by atoms with Gasteiger partial charge in [-0.15, -0.1) is 0 Å². The highest BCUT2D eigenvalue weighted by Crippen LogP contribution is 2.38. The molecule has 4 rings (SSSR count). The van der Waals surface area contributed by atoms with Crippen molar-refractivity contribution in [1.82, 2.24) is 15.0 Å². The summed E-state index contributed by atoms with van der Waals surface area (Å²) in [6.45, 7) is 0.735. The van der Waals surface area contributed by atoms with E-state index < -0.39 is 0 Å². The fourth-order valence-electron chi connectivity index (χ4n) is 3.16. The number of hydrogen-bond acceptors (Lipinski definition) is 4. The van der Waals surface area contributed by atoms with Crippen molar-refractivity contribution in [1.29, 1.82) is 0 Å². The second-order valence-corrected chi connectivity index (χ2v) is 5.99. The minimum absolute atomic E-state index is 0.475. The van der Waals surface area contributed by atoms with Gasteiger partial charge in [-0.25, -0.2) is 0 Å². The van der Waals surface area contributed by atoms with Crippen LogP contribution in [0.3, 0.4) is 0 Å². The summed E-state index contributed by atoms with van der Waals surface area (Å²) in [7, 11) is 2.15. The average Bonchev–Trinajstić information content (AvgIpc) is 3.06. The zero-order valence-electron chi connectivity index (χ0n) is 11.7. The largest absolute Gasteiger partial charge is 0.338 e. The van der Waals surface area contributed by atoms with Gasteiger partial charge in [0.2, 0.25) is 5.89 Å². The lowest BCUT2D eigenvalue weighted by Crippen LogP contribution is -2.22. The third-order valence-corrected chi connectivity index (χ3v) is 4.44. The second kappa shape index (κ2) is 4.70. The predicted molar refractivity (Wildman–Crippen MR) is 75.2 cm³/mol. The molecule has 4 heteroatoms. The van der Waals surface area contributed by atoms with E-state index in [2.05, 4.69) is 46.4 Å². The van der Waals surface area contributed by atoms with Crippen molar-refractivity contribution in [2.24, 2.45) is 0 Å². The quantitative estimate of drug-likeness (QED) is 0.855. The Morgan fingerprint density at radius 1 is 1.25 bits per heavy atom. The highest BCUT2D eigenvalue weighted by Gasteiger charge is 2.30. The Hall–Kier alpha value is -1.68. The van der Waals surface area contributed by atoms with Gasteiger partial charge in [-0.2, -0.15) is 4.98 Å². The summed E-state index contributed by atoms with van der Waals surface area (Å²) in [5.41, 5.74) is 2.94. The van der Waals surface area contributed by atoms with E-state index >= 15 is 0 Å². The van der Waals surface area contributed by atoms with Gasteiger partial charge in [-0.05, 0) is 43.9 Å². The highest BCUT2D eigenvalue weighted by molar-refractivity contribution is 5.34. The van der Waals surface area contributed by atoms with Crippen LogP contribution in [0.15, 0.2) is 28.8 Å². The molecule has 1 saturated carbocycles. The van der Waals surface area contributed by atoms with Crippen LogP contribution in [0.1, 0.15) is 54.1 Å². The van der Waals surface area contributed by atoms with Gasteiger partial charge in [0.05, 0.1) is 6.54 Å². The summed E-state index contributed by atoms with van der Waals surface area (Å²) < 4.78 is 5.38. The maximum absolute atomic E-state index is 5.38. The van der Waals surface area contributed by atoms with Crippen LogP contribution in [0.2, 0.25) is 0 Å². The van der Waals surface area contributed by atoms with E-state index in [0.717, 1.165) is 18.3 Å². The fraction of sp³-hybridized carbons (Fsp3) is 0.500. The molecular weight excluding hydrogens is 250 g/mol. The van der Waals surface area contributed by atoms with Crippen molar-refractivity contribution >= 4 is 0 Å². The van der Waals surface area contributed by atoms with Gasteiger partial charge in [0, 0.05) is 12.0 Å². The van der Waals surface area contributed by atoms with Crippen molar-refractivity contribution in [2.45, 2.75) is 44.2 Å². The normalized spacial score (nSPS) is 21.4. The summed E-state index contributed by atoms with van der Waals surface area (Å²) in [6.07, 6.45) is 4.78. The van der Waals surface area contributed by atoms with E-state index in [4.69, 9.17) is 4.52 Å². The molecule has 0 spiro atoms. The van der Waals surface area contributed by atoms with Gasteiger partial charge in [-0.3, -0.25) is 4.90 Å². The first-order valence-corrected chi connectivity index (χ1v) is 7.42. The first kappa shape index (κ1) is 12.1. The molecule has 0 amide bonds. The molecule has 0 radical (unpaired) electrons. The summed E-state index contributed by atoms with van der Waals surface area (Å²) in [5.74, 6) is 2.21. The molecular formula is C16H19N3O. The van der Waals surface area contributed by atoms with Crippen molar-refractivity contribution in [3.63, 3.8) is 0 Å². The number of hydrogen-bond donors (Lipinski definition) is 0. The van der Waals surface area contributed by atoms with Crippen LogP contribution in [0.4, 0.5) is 0 Å². The lowest BCUT2D eigenvalue weighted by atomic mass is 10.1. The van der Waals surface area contributed by atoms with E-state index in [1.165, 1.54) is 36.8 Å². The molecule has 4 nitrogen and oxygen atoms in total. The van der Waals surface area contributed by atoms with Crippen LogP contribution in [0.25, 0.3) is 0 Å². The molecule has 0 aliphatic heterocycles. The maximum atomic E-state index is 5.38. The Bertz CT molecular complexity index is 618. The standard InChI is InChI=1S/C16H19N3O/c1-19(10-15-17-16(18-20-15)12-6-7-12)14-9-8-11-4-2-3-5-13(11)14/h2-5,12,14H,6-10H2,1H3. The van der Waals surface area contributed by atoms with E-state index in [-0.39, 0.29) is 0 Å². The molecule has 1 fully saturated rings. The molecule has 1 heterocycles.